The molecule has 12 heteroatoms. The number of imide groups is 1. The summed E-state index contributed by atoms with van der Waals surface area (Å²) in [4.78, 5) is 51.2. The van der Waals surface area contributed by atoms with Crippen LogP contribution in [0.15, 0.2) is 54.6 Å². The maximum Gasteiger partial charge on any atom is 0.327 e. The van der Waals surface area contributed by atoms with Gasteiger partial charge in [-0.15, -0.1) is 11.8 Å². The van der Waals surface area contributed by atoms with Crippen molar-refractivity contribution in [3.63, 3.8) is 0 Å². The second-order valence-electron chi connectivity index (χ2n) is 8.02. The van der Waals surface area contributed by atoms with Crippen LogP contribution < -0.4 is 16.0 Å². The van der Waals surface area contributed by atoms with Crippen LogP contribution in [-0.2, 0) is 9.59 Å². The zero-order valence-electron chi connectivity index (χ0n) is 18.5. The minimum atomic E-state index is -0.642. The minimum absolute atomic E-state index is 0.0392. The average molecular weight is 485 g/mol. The number of para-hydroxylation sites is 1. The van der Waals surface area contributed by atoms with E-state index >= 15 is 0 Å². The highest BCUT2D eigenvalue weighted by atomic mass is 32.2. The number of carbonyl (C=O) groups is 3. The Morgan fingerprint density at radius 2 is 1.76 bits per heavy atom. The summed E-state index contributed by atoms with van der Waals surface area (Å²) >= 11 is 1.27. The predicted molar refractivity (Wildman–Crippen MR) is 127 cm³/mol. The number of nitrogens with zero attached hydrogens (tertiary/aromatic N) is 3. The van der Waals surface area contributed by atoms with Crippen molar-refractivity contribution in [2.24, 2.45) is 5.92 Å². The van der Waals surface area contributed by atoms with Gasteiger partial charge < -0.3 is 10.2 Å². The van der Waals surface area contributed by atoms with E-state index in [1.54, 1.807) is 31.3 Å². The van der Waals surface area contributed by atoms with E-state index in [-0.39, 0.29) is 23.3 Å². The number of benzene rings is 2. The van der Waals surface area contributed by atoms with Gasteiger partial charge in [0, 0.05) is 31.9 Å². The summed E-state index contributed by atoms with van der Waals surface area (Å²) < 4.78 is 0. The smallest absolute Gasteiger partial charge is 0.325 e. The first-order chi connectivity index (χ1) is 16.3. The van der Waals surface area contributed by atoms with E-state index in [0.717, 1.165) is 4.90 Å². The molecule has 0 spiro atoms. The predicted octanol–water partition coefficient (Wildman–Crippen LogP) is 1.95. The topological polar surface area (TPSA) is 137 Å². The molecule has 2 saturated heterocycles. The fraction of sp³-hybridized carbons (Fsp3) is 0.318. The van der Waals surface area contributed by atoms with Crippen molar-refractivity contribution in [3.05, 3.63) is 70.3 Å². The molecule has 0 bridgehead atoms. The average Bonchev–Trinajstić information content (AvgIpc) is 2.85. The van der Waals surface area contributed by atoms with Crippen LogP contribution in [0.4, 0.5) is 16.2 Å². The van der Waals surface area contributed by atoms with E-state index in [9.17, 15) is 24.5 Å². The molecule has 4 rings (SSSR count). The van der Waals surface area contributed by atoms with Gasteiger partial charge in [-0.1, -0.05) is 18.2 Å². The Morgan fingerprint density at radius 3 is 2.41 bits per heavy atom. The Labute approximate surface area is 200 Å². The maximum atomic E-state index is 13.0. The Kier molecular flexibility index (Phi) is 6.82. The quantitative estimate of drug-likeness (QED) is 0.418. The Morgan fingerprint density at radius 1 is 1.09 bits per heavy atom. The number of thioether (sulfide) groups is 1. The van der Waals surface area contributed by atoms with Crippen molar-refractivity contribution >= 4 is 41.0 Å². The lowest BCUT2D eigenvalue weighted by Crippen LogP contribution is -2.72. The van der Waals surface area contributed by atoms with Crippen LogP contribution in [0.25, 0.3) is 0 Å². The first-order valence-corrected chi connectivity index (χ1v) is 11.6. The molecule has 4 amide bonds. The second kappa shape index (κ2) is 9.79. The van der Waals surface area contributed by atoms with Crippen LogP contribution in [0, 0.1) is 16.0 Å². The number of hydrogen-bond acceptors (Lipinski definition) is 8. The number of urea groups is 1. The van der Waals surface area contributed by atoms with Crippen molar-refractivity contribution in [1.29, 1.82) is 0 Å². The molecule has 0 saturated carbocycles. The zero-order chi connectivity index (χ0) is 24.4. The molecule has 11 nitrogen and oxygen atoms in total. The lowest BCUT2D eigenvalue weighted by atomic mass is 9.96. The fourth-order valence-electron chi connectivity index (χ4n) is 4.06. The molecule has 2 aliphatic rings. The fourth-order valence-corrected chi connectivity index (χ4v) is 5.17. The van der Waals surface area contributed by atoms with Crippen LogP contribution in [0.1, 0.15) is 11.7 Å². The van der Waals surface area contributed by atoms with Gasteiger partial charge in [-0.3, -0.25) is 35.2 Å². The Balaban J connectivity index is 1.55. The summed E-state index contributed by atoms with van der Waals surface area (Å²) in [6, 6.07) is 14.7. The number of nitro groups is 1. The van der Waals surface area contributed by atoms with Crippen LogP contribution in [0.5, 0.6) is 0 Å². The van der Waals surface area contributed by atoms with E-state index in [0.29, 0.717) is 11.3 Å². The van der Waals surface area contributed by atoms with Crippen molar-refractivity contribution in [2.45, 2.75) is 17.7 Å². The third-order valence-corrected chi connectivity index (χ3v) is 7.06. The highest BCUT2D eigenvalue weighted by Gasteiger charge is 2.51. The summed E-state index contributed by atoms with van der Waals surface area (Å²) in [5.74, 6) is -1.13. The molecule has 178 valence electrons. The molecule has 34 heavy (non-hydrogen) atoms. The van der Waals surface area contributed by atoms with Crippen LogP contribution in [0.3, 0.4) is 0 Å². The van der Waals surface area contributed by atoms with E-state index in [1.165, 1.54) is 35.8 Å². The van der Waals surface area contributed by atoms with Gasteiger partial charge in [0.1, 0.15) is 0 Å². The van der Waals surface area contributed by atoms with Gasteiger partial charge in [-0.25, -0.2) is 4.79 Å². The first kappa shape index (κ1) is 23.7. The standard InChI is InChI=1S/C22H24N6O5S/c1-26-19-17(21(30)27(2)22(26)31)20(34-12-16(29)23-14-6-4-3-5-7-14)25-18(24-19)13-8-10-15(11-9-13)28(32)33/h3-11,17-20,24-25H,12H2,1-2H3,(H,23,29). The van der Waals surface area contributed by atoms with Gasteiger partial charge in [0.15, 0.2) is 0 Å². The SMILES string of the molecule is CN1C(=O)C2C(SCC(=O)Nc3ccccc3)NC(c3ccc([N+](=O)[O-])cc3)NC2N(C)C1=O. The zero-order valence-corrected chi connectivity index (χ0v) is 19.3. The molecule has 2 aromatic rings. The summed E-state index contributed by atoms with van der Waals surface area (Å²) in [6.07, 6.45) is -1.12. The van der Waals surface area contributed by atoms with Gasteiger partial charge in [0.2, 0.25) is 11.8 Å². The van der Waals surface area contributed by atoms with Crippen molar-refractivity contribution < 1.29 is 19.3 Å². The Hall–Kier alpha value is -3.48. The number of rotatable bonds is 6. The number of nitrogens with one attached hydrogen (secondary N) is 3. The maximum absolute atomic E-state index is 13.0. The number of nitro benzene ring substituents is 1. The molecule has 2 heterocycles. The van der Waals surface area contributed by atoms with E-state index in [2.05, 4.69) is 16.0 Å². The third-order valence-electron chi connectivity index (χ3n) is 5.85. The molecule has 2 aliphatic heterocycles. The van der Waals surface area contributed by atoms with E-state index in [1.807, 2.05) is 18.2 Å². The van der Waals surface area contributed by atoms with Crippen LogP contribution in [0.2, 0.25) is 0 Å². The molecular weight excluding hydrogens is 460 g/mol. The largest absolute Gasteiger partial charge is 0.327 e. The number of hydrogen-bond donors (Lipinski definition) is 3. The second-order valence-corrected chi connectivity index (χ2v) is 9.15. The third kappa shape index (κ3) is 4.74. The molecule has 0 radical (unpaired) electrons. The Bertz CT molecular complexity index is 1100. The number of carbonyl (C=O) groups excluding carboxylic acids is 3. The molecule has 2 fully saturated rings. The molecule has 3 N–H and O–H groups in total. The van der Waals surface area contributed by atoms with Crippen molar-refractivity contribution in [2.75, 3.05) is 25.2 Å². The van der Waals surface area contributed by atoms with Crippen LogP contribution >= 0.6 is 11.8 Å². The molecule has 0 aromatic heterocycles. The van der Waals surface area contributed by atoms with Crippen molar-refractivity contribution in [3.8, 4) is 0 Å². The normalized spacial score (nSPS) is 24.5. The molecule has 2 aromatic carbocycles. The number of fused-ring (bicyclic) bond motifs is 1. The minimum Gasteiger partial charge on any atom is -0.325 e. The van der Waals surface area contributed by atoms with E-state index in [4.69, 9.17) is 0 Å². The highest BCUT2D eigenvalue weighted by Crippen LogP contribution is 2.34. The lowest BCUT2D eigenvalue weighted by molar-refractivity contribution is -0.384. The van der Waals surface area contributed by atoms with Gasteiger partial charge in [-0.2, -0.15) is 0 Å². The van der Waals surface area contributed by atoms with Gasteiger partial charge in [-0.05, 0) is 29.8 Å². The summed E-state index contributed by atoms with van der Waals surface area (Å²) in [5, 5.41) is 19.9. The van der Waals surface area contributed by atoms with Gasteiger partial charge in [0.05, 0.1) is 34.3 Å². The first-order valence-electron chi connectivity index (χ1n) is 10.5. The molecule has 0 aliphatic carbocycles. The van der Waals surface area contributed by atoms with Crippen LogP contribution in [-0.4, -0.2) is 64.0 Å². The molecule has 4 atom stereocenters. The van der Waals surface area contributed by atoms with Gasteiger partial charge in [0.25, 0.3) is 5.69 Å². The summed E-state index contributed by atoms with van der Waals surface area (Å²) in [7, 11) is 3.04. The molecular formula is C22H24N6O5S. The highest BCUT2D eigenvalue weighted by molar-refractivity contribution is 8.00. The number of amides is 4. The summed E-state index contributed by atoms with van der Waals surface area (Å²) in [5.41, 5.74) is 1.34. The van der Waals surface area contributed by atoms with Crippen molar-refractivity contribution in [1.82, 2.24) is 20.4 Å². The van der Waals surface area contributed by atoms with Gasteiger partial charge >= 0.3 is 6.03 Å². The lowest BCUT2D eigenvalue weighted by Gasteiger charge is -2.50. The summed E-state index contributed by atoms with van der Waals surface area (Å²) in [6.45, 7) is 0. The monoisotopic (exact) mass is 484 g/mol. The number of non-ortho nitro benzene ring substituents is 1. The van der Waals surface area contributed by atoms with E-state index < -0.39 is 34.6 Å². The number of anilines is 1. The molecule has 4 unspecified atom stereocenters.